The van der Waals surface area contributed by atoms with Crippen LogP contribution in [0.2, 0.25) is 0 Å². The molecule has 0 spiro atoms. The first kappa shape index (κ1) is 16.3. The molecule has 2 N–H and O–H groups in total. The Morgan fingerprint density at radius 1 is 1.12 bits per heavy atom. The van der Waals surface area contributed by atoms with Crippen LogP contribution in [-0.2, 0) is 21.5 Å². The van der Waals surface area contributed by atoms with Crippen molar-refractivity contribution in [3.05, 3.63) is 53.5 Å². The van der Waals surface area contributed by atoms with E-state index in [9.17, 15) is 9.59 Å². The summed E-state index contributed by atoms with van der Waals surface area (Å²) in [6.45, 7) is 3.76. The van der Waals surface area contributed by atoms with E-state index in [1.807, 2.05) is 43.3 Å². The number of hydrogen-bond donors (Lipinski definition) is 2. The van der Waals surface area contributed by atoms with Crippen molar-refractivity contribution in [1.29, 1.82) is 0 Å². The van der Waals surface area contributed by atoms with E-state index < -0.39 is 5.41 Å². The van der Waals surface area contributed by atoms with Gasteiger partial charge in [-0.3, -0.25) is 9.59 Å². The normalized spacial score (nSPS) is 15.4. The fraction of sp³-hybridized carbons (Fsp3) is 0.368. The van der Waals surface area contributed by atoms with Crippen molar-refractivity contribution in [2.75, 3.05) is 5.32 Å². The van der Waals surface area contributed by atoms with Gasteiger partial charge >= 0.3 is 0 Å². The van der Waals surface area contributed by atoms with E-state index in [0.717, 1.165) is 42.0 Å². The lowest BCUT2D eigenvalue weighted by atomic mass is 9.64. The topological polar surface area (TPSA) is 71.3 Å². The molecule has 24 heavy (non-hydrogen) atoms. The minimum atomic E-state index is -0.462. The van der Waals surface area contributed by atoms with E-state index in [2.05, 4.69) is 10.6 Å². The van der Waals surface area contributed by atoms with E-state index >= 15 is 0 Å². The Kier molecular flexibility index (Phi) is 4.42. The zero-order valence-corrected chi connectivity index (χ0v) is 14.0. The molecule has 1 aliphatic carbocycles. The maximum Gasteiger partial charge on any atom is 0.231 e. The molecule has 0 unspecified atom stereocenters. The number of amides is 2. The Morgan fingerprint density at radius 2 is 1.83 bits per heavy atom. The molecule has 0 bridgehead atoms. The molecule has 126 valence electrons. The summed E-state index contributed by atoms with van der Waals surface area (Å²) in [6, 6.07) is 11.3. The lowest BCUT2D eigenvalue weighted by Gasteiger charge is -2.40. The number of anilines is 1. The van der Waals surface area contributed by atoms with Gasteiger partial charge in [-0.15, -0.1) is 0 Å². The number of carbonyl (C=O) groups is 2. The van der Waals surface area contributed by atoms with E-state index in [-0.39, 0.29) is 11.8 Å². The summed E-state index contributed by atoms with van der Waals surface area (Å²) in [7, 11) is 0. The third-order valence-electron chi connectivity index (χ3n) is 4.62. The first-order valence-electron chi connectivity index (χ1n) is 8.21. The molecule has 5 heteroatoms. The van der Waals surface area contributed by atoms with Crippen LogP contribution < -0.4 is 10.6 Å². The first-order chi connectivity index (χ1) is 11.5. The highest BCUT2D eigenvalue weighted by atomic mass is 16.3. The van der Waals surface area contributed by atoms with Crippen molar-refractivity contribution in [1.82, 2.24) is 5.32 Å². The summed E-state index contributed by atoms with van der Waals surface area (Å²) < 4.78 is 5.50. The number of rotatable bonds is 5. The van der Waals surface area contributed by atoms with Crippen LogP contribution in [0.4, 0.5) is 5.69 Å². The number of nitrogens with one attached hydrogen (secondary N) is 2. The fourth-order valence-electron chi connectivity index (χ4n) is 3.17. The Bertz CT molecular complexity index is 742. The Morgan fingerprint density at radius 3 is 2.33 bits per heavy atom. The summed E-state index contributed by atoms with van der Waals surface area (Å²) in [5.74, 6) is 1.53. The van der Waals surface area contributed by atoms with Crippen molar-refractivity contribution in [3.8, 4) is 0 Å². The number of benzene rings is 1. The van der Waals surface area contributed by atoms with Crippen LogP contribution in [0.15, 0.2) is 40.8 Å². The van der Waals surface area contributed by atoms with Gasteiger partial charge in [0.1, 0.15) is 11.5 Å². The van der Waals surface area contributed by atoms with Gasteiger partial charge in [-0.2, -0.15) is 0 Å². The maximum atomic E-state index is 12.8. The van der Waals surface area contributed by atoms with Gasteiger partial charge < -0.3 is 15.1 Å². The molecule has 3 rings (SSSR count). The highest BCUT2D eigenvalue weighted by molar-refractivity contribution is 5.90. The van der Waals surface area contributed by atoms with Crippen LogP contribution in [0.3, 0.4) is 0 Å². The molecule has 5 nitrogen and oxygen atoms in total. The van der Waals surface area contributed by atoms with Gasteiger partial charge in [0.05, 0.1) is 12.0 Å². The number of aryl methyl sites for hydroxylation is 1. The Balaban J connectivity index is 1.71. The lowest BCUT2D eigenvalue weighted by molar-refractivity contribution is -0.130. The average Bonchev–Trinajstić information content (AvgIpc) is 2.91. The van der Waals surface area contributed by atoms with Crippen molar-refractivity contribution in [2.24, 2.45) is 0 Å². The van der Waals surface area contributed by atoms with Crippen molar-refractivity contribution in [3.63, 3.8) is 0 Å². The largest absolute Gasteiger partial charge is 0.465 e. The van der Waals surface area contributed by atoms with Crippen molar-refractivity contribution >= 4 is 17.5 Å². The highest BCUT2D eigenvalue weighted by Gasteiger charge is 2.45. The number of carbonyl (C=O) groups excluding carboxylic acids is 2. The van der Waals surface area contributed by atoms with Crippen LogP contribution in [-0.4, -0.2) is 11.8 Å². The summed E-state index contributed by atoms with van der Waals surface area (Å²) in [4.78, 5) is 23.9. The molecular formula is C19H22N2O3. The van der Waals surface area contributed by atoms with Crippen LogP contribution in [0, 0.1) is 6.92 Å². The summed E-state index contributed by atoms with van der Waals surface area (Å²) >= 11 is 0. The summed E-state index contributed by atoms with van der Waals surface area (Å²) in [6.07, 6.45) is 2.73. The summed E-state index contributed by atoms with van der Waals surface area (Å²) in [5, 5.41) is 5.74. The Labute approximate surface area is 141 Å². The molecule has 2 aromatic rings. The lowest BCUT2D eigenvalue weighted by Crippen LogP contribution is -2.48. The predicted octanol–water partition coefficient (Wildman–Crippen LogP) is 3.28. The molecule has 1 aromatic heterocycles. The summed E-state index contributed by atoms with van der Waals surface area (Å²) in [5.41, 5.74) is 1.28. The number of hydrogen-bond acceptors (Lipinski definition) is 3. The minimum absolute atomic E-state index is 0.0371. The van der Waals surface area contributed by atoms with E-state index in [4.69, 9.17) is 4.42 Å². The van der Waals surface area contributed by atoms with Gasteiger partial charge in [0.2, 0.25) is 11.8 Å². The van der Waals surface area contributed by atoms with Crippen LogP contribution >= 0.6 is 0 Å². The van der Waals surface area contributed by atoms with Gasteiger partial charge in [0.25, 0.3) is 0 Å². The molecule has 2 amide bonds. The Hall–Kier alpha value is -2.56. The maximum absolute atomic E-state index is 12.8. The molecule has 0 aliphatic heterocycles. The predicted molar refractivity (Wildman–Crippen MR) is 91.6 cm³/mol. The first-order valence-corrected chi connectivity index (χ1v) is 8.21. The minimum Gasteiger partial charge on any atom is -0.465 e. The van der Waals surface area contributed by atoms with Crippen LogP contribution in [0.5, 0.6) is 0 Å². The van der Waals surface area contributed by atoms with E-state index in [0.29, 0.717) is 6.54 Å². The smallest absolute Gasteiger partial charge is 0.231 e. The fourth-order valence-corrected chi connectivity index (χ4v) is 3.17. The molecule has 0 radical (unpaired) electrons. The molecule has 1 aromatic carbocycles. The molecule has 1 fully saturated rings. The third-order valence-corrected chi connectivity index (χ3v) is 4.62. The van der Waals surface area contributed by atoms with Gasteiger partial charge in [0.15, 0.2) is 0 Å². The van der Waals surface area contributed by atoms with Gasteiger partial charge in [-0.05, 0) is 49.6 Å². The molecule has 1 heterocycles. The van der Waals surface area contributed by atoms with Gasteiger partial charge in [-0.25, -0.2) is 0 Å². The van der Waals surface area contributed by atoms with Gasteiger partial charge in [0, 0.05) is 12.6 Å². The second-order valence-corrected chi connectivity index (χ2v) is 6.39. The zero-order valence-electron chi connectivity index (χ0n) is 14.0. The number of furan rings is 1. The van der Waals surface area contributed by atoms with Crippen molar-refractivity contribution in [2.45, 2.75) is 45.1 Å². The van der Waals surface area contributed by atoms with E-state index in [1.54, 1.807) is 0 Å². The van der Waals surface area contributed by atoms with Crippen molar-refractivity contribution < 1.29 is 14.0 Å². The standard InChI is InChI=1S/C19H22N2O3/c1-13-4-9-17(24-13)12-20-18(23)19(10-3-11-19)15-5-7-16(8-6-15)21-14(2)22/h4-9H,3,10-12H2,1-2H3,(H,20,23)(H,21,22). The molecular weight excluding hydrogens is 304 g/mol. The second-order valence-electron chi connectivity index (χ2n) is 6.39. The van der Waals surface area contributed by atoms with E-state index in [1.165, 1.54) is 6.92 Å². The van der Waals surface area contributed by atoms with Crippen LogP contribution in [0.1, 0.15) is 43.3 Å². The highest BCUT2D eigenvalue weighted by Crippen LogP contribution is 2.44. The molecule has 0 saturated heterocycles. The van der Waals surface area contributed by atoms with Crippen LogP contribution in [0.25, 0.3) is 0 Å². The second kappa shape index (κ2) is 6.51. The SMILES string of the molecule is CC(=O)Nc1ccc(C2(C(=O)NCc3ccc(C)o3)CCC2)cc1. The quantitative estimate of drug-likeness (QED) is 0.886. The molecule has 1 aliphatic rings. The zero-order chi connectivity index (χ0) is 17.2. The third kappa shape index (κ3) is 3.20. The molecule has 1 saturated carbocycles. The average molecular weight is 326 g/mol. The molecule has 0 atom stereocenters. The monoisotopic (exact) mass is 326 g/mol. The van der Waals surface area contributed by atoms with Gasteiger partial charge in [-0.1, -0.05) is 18.6 Å².